The number of rotatable bonds is 4. The number of amidine groups is 1. The number of carboxylic acids is 1. The first-order valence-electron chi connectivity index (χ1n) is 7.96. The van der Waals surface area contributed by atoms with Crippen molar-refractivity contribution in [2.45, 2.75) is 51.4 Å². The highest BCUT2D eigenvalue weighted by Gasteiger charge is 2.28. The molecular formula is C17H23N3O5. The van der Waals surface area contributed by atoms with Crippen molar-refractivity contribution in [2.24, 2.45) is 0 Å². The lowest BCUT2D eigenvalue weighted by atomic mass is 10.00. The molecule has 8 nitrogen and oxygen atoms in total. The van der Waals surface area contributed by atoms with E-state index in [1.165, 1.54) is 0 Å². The summed E-state index contributed by atoms with van der Waals surface area (Å²) in [6.07, 6.45) is -0.538. The molecule has 1 amide bonds. The molecule has 0 bridgehead atoms. The van der Waals surface area contributed by atoms with Gasteiger partial charge in [0.2, 0.25) is 0 Å². The maximum Gasteiger partial charge on any atom is 0.413 e. The van der Waals surface area contributed by atoms with Crippen molar-refractivity contribution in [2.75, 3.05) is 0 Å². The van der Waals surface area contributed by atoms with E-state index in [-0.39, 0.29) is 24.4 Å². The Morgan fingerprint density at radius 3 is 2.56 bits per heavy atom. The lowest BCUT2D eigenvalue weighted by Crippen LogP contribution is -2.36. The largest absolute Gasteiger partial charge is 0.481 e. The number of hydroxylamine groups is 1. The molecule has 1 aliphatic rings. The van der Waals surface area contributed by atoms with Crippen LogP contribution in [-0.4, -0.2) is 34.7 Å². The van der Waals surface area contributed by atoms with Gasteiger partial charge in [0.15, 0.2) is 0 Å². The molecule has 0 saturated carbocycles. The number of carboxylic acid groups (broad SMARTS) is 1. The zero-order chi connectivity index (χ0) is 18.6. The normalized spacial score (nSPS) is 20.1. The highest BCUT2D eigenvalue weighted by molar-refractivity contribution is 6.04. The van der Waals surface area contributed by atoms with Gasteiger partial charge in [-0.15, -0.1) is 0 Å². The van der Waals surface area contributed by atoms with Crippen LogP contribution >= 0.6 is 0 Å². The third kappa shape index (κ3) is 5.84. The molecule has 8 heteroatoms. The molecule has 1 aromatic carbocycles. The van der Waals surface area contributed by atoms with Crippen molar-refractivity contribution in [1.82, 2.24) is 10.8 Å². The molecule has 0 unspecified atom stereocenters. The van der Waals surface area contributed by atoms with Crippen molar-refractivity contribution >= 4 is 17.9 Å². The number of nitrogens with one attached hydrogen (secondary N) is 3. The quantitative estimate of drug-likeness (QED) is 0.489. The lowest BCUT2D eigenvalue weighted by Gasteiger charge is -2.20. The molecule has 1 saturated heterocycles. The number of hydrogen-bond acceptors (Lipinski definition) is 6. The van der Waals surface area contributed by atoms with Crippen molar-refractivity contribution in [1.29, 1.82) is 5.41 Å². The highest BCUT2D eigenvalue weighted by atomic mass is 16.7. The zero-order valence-electron chi connectivity index (χ0n) is 14.5. The number of hydrogen-bond donors (Lipinski definition) is 4. The molecule has 25 heavy (non-hydrogen) atoms. The zero-order valence-corrected chi connectivity index (χ0v) is 14.5. The minimum atomic E-state index is -0.899. The predicted octanol–water partition coefficient (Wildman–Crippen LogP) is 2.35. The number of aliphatic carboxylic acids is 1. The summed E-state index contributed by atoms with van der Waals surface area (Å²) in [6, 6.07) is 6.93. The molecule has 1 fully saturated rings. The Kier molecular flexibility index (Phi) is 5.76. The van der Waals surface area contributed by atoms with Crippen LogP contribution in [0.2, 0.25) is 0 Å². The average molecular weight is 349 g/mol. The summed E-state index contributed by atoms with van der Waals surface area (Å²) in [5.74, 6) is -0.954. The molecular weight excluding hydrogens is 326 g/mol. The van der Waals surface area contributed by atoms with Gasteiger partial charge in [-0.25, -0.2) is 4.79 Å². The van der Waals surface area contributed by atoms with Gasteiger partial charge >= 0.3 is 12.1 Å². The van der Waals surface area contributed by atoms with E-state index < -0.39 is 17.7 Å². The first-order valence-corrected chi connectivity index (χ1v) is 7.96. The van der Waals surface area contributed by atoms with Gasteiger partial charge in [0, 0.05) is 5.56 Å². The van der Waals surface area contributed by atoms with Gasteiger partial charge in [-0.1, -0.05) is 24.3 Å². The first-order chi connectivity index (χ1) is 11.6. The van der Waals surface area contributed by atoms with Gasteiger partial charge in [-0.3, -0.25) is 20.4 Å². The summed E-state index contributed by atoms with van der Waals surface area (Å²) in [5.41, 5.74) is 3.65. The van der Waals surface area contributed by atoms with E-state index in [2.05, 4.69) is 10.8 Å². The van der Waals surface area contributed by atoms with Gasteiger partial charge < -0.3 is 9.84 Å². The van der Waals surface area contributed by atoms with Crippen molar-refractivity contribution < 1.29 is 24.3 Å². The first kappa shape index (κ1) is 18.9. The molecule has 1 aromatic rings. The maximum absolute atomic E-state index is 11.7. The van der Waals surface area contributed by atoms with E-state index in [0.717, 1.165) is 5.56 Å². The van der Waals surface area contributed by atoms with Gasteiger partial charge in [0.25, 0.3) is 0 Å². The van der Waals surface area contributed by atoms with Gasteiger partial charge in [-0.05, 0) is 32.8 Å². The molecule has 0 aliphatic carbocycles. The van der Waals surface area contributed by atoms with Gasteiger partial charge in [0.05, 0.1) is 18.6 Å². The molecule has 2 rings (SSSR count). The Morgan fingerprint density at radius 2 is 2.00 bits per heavy atom. The molecule has 136 valence electrons. The Labute approximate surface area is 146 Å². The summed E-state index contributed by atoms with van der Waals surface area (Å²) in [7, 11) is 0. The maximum atomic E-state index is 11.7. The SMILES string of the molecule is CC(C)(C)OC(=O)NC(=N)c1ccc([C@@H]2C[C@H](CC(=O)O)ON2)cc1. The van der Waals surface area contributed by atoms with Crippen LogP contribution in [0.5, 0.6) is 0 Å². The van der Waals surface area contributed by atoms with E-state index in [9.17, 15) is 9.59 Å². The average Bonchev–Trinajstić information content (AvgIpc) is 2.93. The summed E-state index contributed by atoms with van der Waals surface area (Å²) in [6.45, 7) is 5.25. The molecule has 4 N–H and O–H groups in total. The lowest BCUT2D eigenvalue weighted by molar-refractivity contribution is -0.140. The van der Waals surface area contributed by atoms with Crippen molar-refractivity contribution in [3.63, 3.8) is 0 Å². The van der Waals surface area contributed by atoms with Crippen LogP contribution in [0.15, 0.2) is 24.3 Å². The van der Waals surface area contributed by atoms with Crippen LogP contribution in [0.1, 0.15) is 50.8 Å². The Morgan fingerprint density at radius 1 is 1.36 bits per heavy atom. The van der Waals surface area contributed by atoms with Crippen molar-refractivity contribution in [3.05, 3.63) is 35.4 Å². The number of carbonyl (C=O) groups excluding carboxylic acids is 1. The Bertz CT molecular complexity index is 651. The van der Waals surface area contributed by atoms with Gasteiger partial charge in [-0.2, -0.15) is 5.48 Å². The van der Waals surface area contributed by atoms with E-state index >= 15 is 0 Å². The minimum absolute atomic E-state index is 0.0496. The van der Waals surface area contributed by atoms with Crippen LogP contribution in [0.25, 0.3) is 0 Å². The standard InChI is InChI=1S/C17H23N3O5/c1-17(2,3)24-16(23)19-15(18)11-6-4-10(5-7-11)13-8-12(25-20-13)9-14(21)22/h4-7,12-13,20H,8-9H2,1-3H3,(H,21,22)(H2,18,19,23)/t12-,13+/m1/s1. The molecule has 0 aromatic heterocycles. The Hall–Kier alpha value is -2.45. The predicted molar refractivity (Wildman–Crippen MR) is 90.3 cm³/mol. The second kappa shape index (κ2) is 7.62. The number of amides is 1. The van der Waals surface area contributed by atoms with Crippen molar-refractivity contribution in [3.8, 4) is 0 Å². The van der Waals surface area contributed by atoms with Crippen LogP contribution in [0, 0.1) is 5.41 Å². The third-order valence-electron chi connectivity index (χ3n) is 3.51. The summed E-state index contributed by atoms with van der Waals surface area (Å²) in [4.78, 5) is 27.7. The minimum Gasteiger partial charge on any atom is -0.481 e. The van der Waals surface area contributed by atoms with E-state index in [0.29, 0.717) is 12.0 Å². The fraction of sp³-hybridized carbons (Fsp3) is 0.471. The topological polar surface area (TPSA) is 121 Å². The van der Waals surface area contributed by atoms with Crippen LogP contribution in [0.4, 0.5) is 4.79 Å². The fourth-order valence-electron chi connectivity index (χ4n) is 2.42. The van der Waals surface area contributed by atoms with E-state index in [1.807, 2.05) is 12.1 Å². The molecule has 1 aliphatic heterocycles. The van der Waals surface area contributed by atoms with Gasteiger partial charge in [0.1, 0.15) is 11.4 Å². The van der Waals surface area contributed by atoms with E-state index in [4.69, 9.17) is 20.1 Å². The third-order valence-corrected chi connectivity index (χ3v) is 3.51. The molecule has 2 atom stereocenters. The highest BCUT2D eigenvalue weighted by Crippen LogP contribution is 2.27. The smallest absolute Gasteiger partial charge is 0.413 e. The molecule has 0 spiro atoms. The molecule has 0 radical (unpaired) electrons. The number of benzene rings is 1. The number of alkyl carbamates (subject to hydrolysis) is 1. The monoisotopic (exact) mass is 349 g/mol. The second-order valence-corrected chi connectivity index (χ2v) is 6.87. The Balaban J connectivity index is 1.92. The fourth-order valence-corrected chi connectivity index (χ4v) is 2.42. The summed E-state index contributed by atoms with van der Waals surface area (Å²) < 4.78 is 5.11. The summed E-state index contributed by atoms with van der Waals surface area (Å²) >= 11 is 0. The second-order valence-electron chi connectivity index (χ2n) is 6.87. The van der Waals surface area contributed by atoms with Crippen LogP contribution in [0.3, 0.4) is 0 Å². The van der Waals surface area contributed by atoms with Crippen LogP contribution in [-0.2, 0) is 14.4 Å². The molecule has 1 heterocycles. The summed E-state index contributed by atoms with van der Waals surface area (Å²) in [5, 5.41) is 19.1. The van der Waals surface area contributed by atoms with E-state index in [1.54, 1.807) is 32.9 Å². The number of ether oxygens (including phenoxy) is 1. The number of carbonyl (C=O) groups is 2. The van der Waals surface area contributed by atoms with Crippen LogP contribution < -0.4 is 10.8 Å².